The van der Waals surface area contributed by atoms with Crippen molar-refractivity contribution in [3.8, 4) is 0 Å². The molecule has 12 heavy (non-hydrogen) atoms. The van der Waals surface area contributed by atoms with Gasteiger partial charge in [-0.1, -0.05) is 30.8 Å². The van der Waals surface area contributed by atoms with Crippen LogP contribution in [-0.4, -0.2) is 12.1 Å². The van der Waals surface area contributed by atoms with Crippen molar-refractivity contribution < 1.29 is 0 Å². The van der Waals surface area contributed by atoms with Crippen molar-refractivity contribution in [1.29, 1.82) is 0 Å². The largest absolute Gasteiger partial charge is 0.281 e. The van der Waals surface area contributed by atoms with Crippen LogP contribution >= 0.6 is 11.8 Å². The monoisotopic (exact) mass is 179 g/mol. The molecule has 2 heteroatoms. The second kappa shape index (κ2) is 4.31. The number of nitrogens with zero attached hydrogens (tertiary/aromatic N) is 1. The summed E-state index contributed by atoms with van der Waals surface area (Å²) in [5.74, 6) is 0. The van der Waals surface area contributed by atoms with Crippen molar-refractivity contribution in [3.63, 3.8) is 0 Å². The van der Waals surface area contributed by atoms with Crippen molar-refractivity contribution >= 4 is 16.8 Å². The Morgan fingerprint density at radius 2 is 2.50 bits per heavy atom. The van der Waals surface area contributed by atoms with E-state index in [1.54, 1.807) is 11.8 Å². The van der Waals surface area contributed by atoms with Crippen molar-refractivity contribution in [1.82, 2.24) is 0 Å². The predicted molar refractivity (Wildman–Crippen MR) is 57.6 cm³/mol. The highest BCUT2D eigenvalue weighted by Gasteiger charge is 2.08. The molecule has 0 aliphatic carbocycles. The van der Waals surface area contributed by atoms with Gasteiger partial charge in [-0.25, -0.2) is 0 Å². The van der Waals surface area contributed by atoms with Crippen LogP contribution in [0.1, 0.15) is 13.3 Å². The maximum Gasteiger partial charge on any atom is 0.102 e. The molecule has 0 unspecified atom stereocenters. The van der Waals surface area contributed by atoms with E-state index >= 15 is 0 Å². The normalized spacial score (nSPS) is 22.5. The minimum atomic E-state index is 0.999. The Labute approximate surface area is 78.0 Å². The van der Waals surface area contributed by atoms with Crippen LogP contribution in [0.15, 0.2) is 40.3 Å². The van der Waals surface area contributed by atoms with E-state index in [9.17, 15) is 0 Å². The number of rotatable bonds is 2. The Morgan fingerprint density at radius 1 is 1.75 bits per heavy atom. The lowest BCUT2D eigenvalue weighted by Crippen LogP contribution is -1.89. The van der Waals surface area contributed by atoms with E-state index in [-0.39, 0.29) is 0 Å². The lowest BCUT2D eigenvalue weighted by atomic mass is 10.1. The zero-order chi connectivity index (χ0) is 8.97. The van der Waals surface area contributed by atoms with E-state index in [4.69, 9.17) is 0 Å². The van der Waals surface area contributed by atoms with Gasteiger partial charge in [0.1, 0.15) is 5.04 Å². The molecule has 0 N–H and O–H groups in total. The third-order valence-electron chi connectivity index (χ3n) is 1.69. The first-order valence-corrected chi connectivity index (χ1v) is 4.85. The minimum absolute atomic E-state index is 0.999. The highest BCUT2D eigenvalue weighted by atomic mass is 32.2. The molecule has 0 aromatic heterocycles. The van der Waals surface area contributed by atoms with E-state index in [1.807, 2.05) is 7.05 Å². The standard InChI is InChI=1S/C10H13NS/c1-4-8(2)7-9-5-6-12-10(9)11-3/h5-7H,2,4H2,1,3H3. The van der Waals surface area contributed by atoms with Gasteiger partial charge in [0.25, 0.3) is 0 Å². The Hall–Kier alpha value is -0.760. The number of hydrogen-bond acceptors (Lipinski definition) is 2. The zero-order valence-electron chi connectivity index (χ0n) is 7.50. The Bertz CT molecular complexity index is 272. The van der Waals surface area contributed by atoms with Crippen molar-refractivity contribution in [2.45, 2.75) is 13.3 Å². The summed E-state index contributed by atoms with van der Waals surface area (Å²) in [4.78, 5) is 4.16. The number of aliphatic imine (C=N–C) groups is 1. The van der Waals surface area contributed by atoms with Crippen molar-refractivity contribution in [2.75, 3.05) is 7.05 Å². The van der Waals surface area contributed by atoms with Gasteiger partial charge < -0.3 is 0 Å². The maximum absolute atomic E-state index is 4.16. The van der Waals surface area contributed by atoms with Crippen molar-refractivity contribution in [3.05, 3.63) is 35.3 Å². The van der Waals surface area contributed by atoms with E-state index in [1.165, 1.54) is 5.57 Å². The molecule has 0 saturated heterocycles. The molecule has 0 saturated carbocycles. The molecular formula is C10H13NS. The van der Waals surface area contributed by atoms with Crippen LogP contribution in [0.5, 0.6) is 0 Å². The fourth-order valence-corrected chi connectivity index (χ4v) is 1.64. The summed E-state index contributed by atoms with van der Waals surface area (Å²) in [6.07, 6.45) is 5.17. The summed E-state index contributed by atoms with van der Waals surface area (Å²) in [5, 5.41) is 3.14. The second-order valence-corrected chi connectivity index (χ2v) is 3.46. The lowest BCUT2D eigenvalue weighted by Gasteiger charge is -1.97. The number of hydrogen-bond donors (Lipinski definition) is 0. The molecule has 1 aliphatic heterocycles. The fourth-order valence-electron chi connectivity index (χ4n) is 0.925. The van der Waals surface area contributed by atoms with Gasteiger partial charge in [-0.2, -0.15) is 0 Å². The van der Waals surface area contributed by atoms with E-state index in [0.29, 0.717) is 0 Å². The van der Waals surface area contributed by atoms with Crippen LogP contribution in [-0.2, 0) is 0 Å². The Balaban J connectivity index is 2.80. The first-order chi connectivity index (χ1) is 5.77. The molecule has 0 radical (unpaired) electrons. The zero-order valence-corrected chi connectivity index (χ0v) is 8.32. The predicted octanol–water partition coefficient (Wildman–Crippen LogP) is 3.17. The third kappa shape index (κ3) is 2.11. The van der Waals surface area contributed by atoms with Gasteiger partial charge in [-0.15, -0.1) is 0 Å². The van der Waals surface area contributed by atoms with Crippen LogP contribution in [0.3, 0.4) is 0 Å². The first-order valence-electron chi connectivity index (χ1n) is 3.97. The maximum atomic E-state index is 4.16. The van der Waals surface area contributed by atoms with Crippen LogP contribution in [0.4, 0.5) is 0 Å². The molecule has 0 bridgehead atoms. The average Bonchev–Trinajstić information content (AvgIpc) is 2.51. The van der Waals surface area contributed by atoms with E-state index in [0.717, 1.165) is 17.0 Å². The van der Waals surface area contributed by atoms with Gasteiger partial charge in [0, 0.05) is 12.6 Å². The van der Waals surface area contributed by atoms with Gasteiger partial charge in [0.2, 0.25) is 0 Å². The first kappa shape index (κ1) is 9.33. The Kier molecular flexibility index (Phi) is 3.35. The minimum Gasteiger partial charge on any atom is -0.281 e. The van der Waals surface area contributed by atoms with Crippen LogP contribution in [0.25, 0.3) is 0 Å². The van der Waals surface area contributed by atoms with E-state index in [2.05, 4.69) is 36.1 Å². The summed E-state index contributed by atoms with van der Waals surface area (Å²) < 4.78 is 0. The van der Waals surface area contributed by atoms with Gasteiger partial charge in [0.15, 0.2) is 0 Å². The molecule has 1 aliphatic rings. The Morgan fingerprint density at radius 3 is 3.08 bits per heavy atom. The number of thioether (sulfide) groups is 1. The summed E-state index contributed by atoms with van der Waals surface area (Å²) in [6.45, 7) is 6.04. The SMILES string of the molecule is C=C(C=C1C=CSC1=NC)CC. The molecule has 0 aromatic carbocycles. The molecular weight excluding hydrogens is 166 g/mol. The fraction of sp³-hybridized carbons (Fsp3) is 0.300. The molecule has 1 rings (SSSR count). The molecule has 0 aromatic rings. The van der Waals surface area contributed by atoms with Crippen LogP contribution in [0, 0.1) is 0 Å². The van der Waals surface area contributed by atoms with Gasteiger partial charge >= 0.3 is 0 Å². The van der Waals surface area contributed by atoms with Crippen molar-refractivity contribution in [2.24, 2.45) is 4.99 Å². The summed E-state index contributed by atoms with van der Waals surface area (Å²) in [6, 6.07) is 0. The second-order valence-electron chi connectivity index (χ2n) is 2.56. The quantitative estimate of drug-likeness (QED) is 0.634. The molecule has 1 nitrogen and oxygen atoms in total. The average molecular weight is 179 g/mol. The molecule has 0 fully saturated rings. The van der Waals surface area contributed by atoms with Gasteiger partial charge in [0.05, 0.1) is 0 Å². The van der Waals surface area contributed by atoms with Gasteiger partial charge in [-0.05, 0) is 24.0 Å². The molecule has 0 spiro atoms. The summed E-state index contributed by atoms with van der Waals surface area (Å²) >= 11 is 1.66. The van der Waals surface area contributed by atoms with Gasteiger partial charge in [-0.3, -0.25) is 4.99 Å². The van der Waals surface area contributed by atoms with E-state index < -0.39 is 0 Å². The topological polar surface area (TPSA) is 12.4 Å². The highest BCUT2D eigenvalue weighted by Crippen LogP contribution is 2.24. The highest BCUT2D eigenvalue weighted by molar-refractivity contribution is 8.17. The molecule has 64 valence electrons. The summed E-state index contributed by atoms with van der Waals surface area (Å²) in [7, 11) is 1.82. The number of allylic oxidation sites excluding steroid dienone is 3. The smallest absolute Gasteiger partial charge is 0.102 e. The van der Waals surface area contributed by atoms with Crippen LogP contribution < -0.4 is 0 Å². The van der Waals surface area contributed by atoms with Crippen LogP contribution in [0.2, 0.25) is 0 Å². The lowest BCUT2D eigenvalue weighted by molar-refractivity contribution is 1.16. The molecule has 1 heterocycles. The third-order valence-corrected chi connectivity index (χ3v) is 2.60. The summed E-state index contributed by atoms with van der Waals surface area (Å²) in [5.41, 5.74) is 2.34. The molecule has 0 amide bonds. The molecule has 0 atom stereocenters.